The maximum absolute atomic E-state index is 13.5. The minimum absolute atomic E-state index is 0.351. The van der Waals surface area contributed by atoms with Crippen LogP contribution in [0.1, 0.15) is 28.8 Å². The van der Waals surface area contributed by atoms with E-state index in [9.17, 15) is 13.9 Å². The maximum atomic E-state index is 13.5. The molecule has 1 atom stereocenters. The second kappa shape index (κ2) is 4.30. The zero-order chi connectivity index (χ0) is 12.6. The molecular formula is C13H12F2O2. The Balaban J connectivity index is 2.51. The van der Waals surface area contributed by atoms with Gasteiger partial charge in [0.2, 0.25) is 0 Å². The molecule has 17 heavy (non-hydrogen) atoms. The van der Waals surface area contributed by atoms with E-state index in [4.69, 9.17) is 4.42 Å². The first kappa shape index (κ1) is 11.8. The van der Waals surface area contributed by atoms with Gasteiger partial charge in [-0.1, -0.05) is 6.07 Å². The van der Waals surface area contributed by atoms with Crippen LogP contribution in [-0.2, 0) is 0 Å². The van der Waals surface area contributed by atoms with Crippen LogP contribution in [0, 0.1) is 25.5 Å². The van der Waals surface area contributed by atoms with Gasteiger partial charge in [-0.3, -0.25) is 0 Å². The minimum atomic E-state index is -1.35. The monoisotopic (exact) mass is 238 g/mol. The summed E-state index contributed by atoms with van der Waals surface area (Å²) in [5, 5.41) is 10.0. The van der Waals surface area contributed by atoms with E-state index in [1.54, 1.807) is 19.9 Å². The van der Waals surface area contributed by atoms with E-state index >= 15 is 0 Å². The summed E-state index contributed by atoms with van der Waals surface area (Å²) in [7, 11) is 0. The van der Waals surface area contributed by atoms with Crippen molar-refractivity contribution in [3.05, 3.63) is 58.5 Å². The normalized spacial score (nSPS) is 12.8. The molecule has 1 unspecified atom stereocenters. The Morgan fingerprint density at radius 2 is 1.76 bits per heavy atom. The lowest BCUT2D eigenvalue weighted by molar-refractivity contribution is 0.207. The van der Waals surface area contributed by atoms with E-state index < -0.39 is 17.7 Å². The summed E-state index contributed by atoms with van der Waals surface area (Å²) in [6.45, 7) is 3.35. The molecule has 1 heterocycles. The van der Waals surface area contributed by atoms with Crippen LogP contribution in [0.4, 0.5) is 8.78 Å². The van der Waals surface area contributed by atoms with Crippen LogP contribution >= 0.6 is 0 Å². The Kier molecular flexibility index (Phi) is 2.98. The molecule has 0 radical (unpaired) electrons. The molecule has 1 N–H and O–H groups in total. The number of aryl methyl sites for hydroxylation is 2. The first-order valence-electron chi connectivity index (χ1n) is 5.19. The average Bonchev–Trinajstić information content (AvgIpc) is 2.57. The van der Waals surface area contributed by atoms with Crippen LogP contribution in [0.3, 0.4) is 0 Å². The number of hydrogen-bond acceptors (Lipinski definition) is 2. The SMILES string of the molecule is Cc1cc(C(O)c2c(F)cccc2F)c(C)o1. The van der Waals surface area contributed by atoms with Gasteiger partial charge in [0.05, 0.1) is 5.56 Å². The van der Waals surface area contributed by atoms with Crippen LogP contribution in [-0.4, -0.2) is 5.11 Å². The average molecular weight is 238 g/mol. The molecule has 4 heteroatoms. The van der Waals surface area contributed by atoms with Crippen molar-refractivity contribution in [1.82, 2.24) is 0 Å². The van der Waals surface area contributed by atoms with Crippen LogP contribution in [0.5, 0.6) is 0 Å². The molecule has 0 amide bonds. The van der Waals surface area contributed by atoms with Gasteiger partial charge in [0.15, 0.2) is 0 Å². The van der Waals surface area contributed by atoms with Gasteiger partial charge in [-0.05, 0) is 32.0 Å². The molecular weight excluding hydrogens is 226 g/mol. The Labute approximate surface area is 97.5 Å². The third-order valence-electron chi connectivity index (χ3n) is 2.65. The fourth-order valence-corrected chi connectivity index (χ4v) is 1.85. The van der Waals surface area contributed by atoms with E-state index in [1.807, 2.05) is 0 Å². The van der Waals surface area contributed by atoms with E-state index in [2.05, 4.69) is 0 Å². The van der Waals surface area contributed by atoms with Crippen molar-refractivity contribution in [2.24, 2.45) is 0 Å². The highest BCUT2D eigenvalue weighted by atomic mass is 19.1. The van der Waals surface area contributed by atoms with Gasteiger partial charge >= 0.3 is 0 Å². The summed E-state index contributed by atoms with van der Waals surface area (Å²) in [5.74, 6) is -0.488. The maximum Gasteiger partial charge on any atom is 0.132 e. The van der Waals surface area contributed by atoms with E-state index in [0.717, 1.165) is 12.1 Å². The lowest BCUT2D eigenvalue weighted by Gasteiger charge is -2.11. The lowest BCUT2D eigenvalue weighted by Crippen LogP contribution is -2.05. The predicted octanol–water partition coefficient (Wildman–Crippen LogP) is 3.26. The van der Waals surface area contributed by atoms with Gasteiger partial charge in [0.25, 0.3) is 0 Å². The molecule has 0 aliphatic carbocycles. The molecule has 2 nitrogen and oxygen atoms in total. The molecule has 1 aromatic carbocycles. The minimum Gasteiger partial charge on any atom is -0.466 e. The zero-order valence-corrected chi connectivity index (χ0v) is 9.50. The molecule has 0 spiro atoms. The van der Waals surface area contributed by atoms with Crippen molar-refractivity contribution in [2.45, 2.75) is 20.0 Å². The van der Waals surface area contributed by atoms with Crippen LogP contribution < -0.4 is 0 Å². The Morgan fingerprint density at radius 3 is 2.24 bits per heavy atom. The highest BCUT2D eigenvalue weighted by molar-refractivity contribution is 5.34. The number of furan rings is 1. The second-order valence-electron chi connectivity index (χ2n) is 3.91. The van der Waals surface area contributed by atoms with Crippen LogP contribution in [0.25, 0.3) is 0 Å². The van der Waals surface area contributed by atoms with E-state index in [-0.39, 0.29) is 5.56 Å². The van der Waals surface area contributed by atoms with Crippen LogP contribution in [0.15, 0.2) is 28.7 Å². The largest absolute Gasteiger partial charge is 0.466 e. The predicted molar refractivity (Wildman–Crippen MR) is 58.6 cm³/mol. The van der Waals surface area contributed by atoms with Crippen molar-refractivity contribution in [2.75, 3.05) is 0 Å². The van der Waals surface area contributed by atoms with E-state index in [1.165, 1.54) is 6.07 Å². The van der Waals surface area contributed by atoms with Crippen molar-refractivity contribution >= 4 is 0 Å². The Morgan fingerprint density at radius 1 is 1.18 bits per heavy atom. The summed E-state index contributed by atoms with van der Waals surface area (Å²) in [6.07, 6.45) is -1.35. The van der Waals surface area contributed by atoms with Gasteiger partial charge < -0.3 is 9.52 Å². The number of aliphatic hydroxyl groups is 1. The quantitative estimate of drug-likeness (QED) is 0.871. The Hall–Kier alpha value is -1.68. The van der Waals surface area contributed by atoms with Gasteiger partial charge in [0.1, 0.15) is 29.3 Å². The number of hydrogen-bond donors (Lipinski definition) is 1. The molecule has 2 rings (SSSR count). The molecule has 90 valence electrons. The summed E-state index contributed by atoms with van der Waals surface area (Å²) < 4.78 is 32.2. The van der Waals surface area contributed by atoms with Gasteiger partial charge in [-0.25, -0.2) is 8.78 Å². The van der Waals surface area contributed by atoms with Crippen molar-refractivity contribution in [3.63, 3.8) is 0 Å². The number of rotatable bonds is 2. The highest BCUT2D eigenvalue weighted by Gasteiger charge is 2.22. The molecule has 0 bridgehead atoms. The molecule has 2 aromatic rings. The summed E-state index contributed by atoms with van der Waals surface area (Å²) in [4.78, 5) is 0. The third-order valence-corrected chi connectivity index (χ3v) is 2.65. The smallest absolute Gasteiger partial charge is 0.132 e. The van der Waals surface area contributed by atoms with Crippen molar-refractivity contribution in [1.29, 1.82) is 0 Å². The molecule has 0 saturated carbocycles. The summed E-state index contributed by atoms with van der Waals surface area (Å²) in [5.41, 5.74) is 0.0305. The first-order valence-corrected chi connectivity index (χ1v) is 5.19. The fraction of sp³-hybridized carbons (Fsp3) is 0.231. The third kappa shape index (κ3) is 2.08. The molecule has 1 aromatic heterocycles. The molecule has 0 fully saturated rings. The number of halogens is 2. The lowest BCUT2D eigenvalue weighted by atomic mass is 10.0. The first-order chi connectivity index (χ1) is 8.00. The molecule has 0 aliphatic rings. The summed E-state index contributed by atoms with van der Waals surface area (Å²) >= 11 is 0. The molecule has 0 aliphatic heterocycles. The standard InChI is InChI=1S/C13H12F2O2/c1-7-6-9(8(2)17-7)13(16)12-10(14)4-3-5-11(12)15/h3-6,13,16H,1-2H3. The Bertz CT molecular complexity index is 526. The second-order valence-corrected chi connectivity index (χ2v) is 3.91. The number of benzene rings is 1. The van der Waals surface area contributed by atoms with Crippen molar-refractivity contribution in [3.8, 4) is 0 Å². The van der Waals surface area contributed by atoms with E-state index in [0.29, 0.717) is 17.1 Å². The van der Waals surface area contributed by atoms with Gasteiger partial charge in [-0.15, -0.1) is 0 Å². The van der Waals surface area contributed by atoms with Crippen LogP contribution in [0.2, 0.25) is 0 Å². The topological polar surface area (TPSA) is 33.4 Å². The van der Waals surface area contributed by atoms with Gasteiger partial charge in [0, 0.05) is 5.56 Å². The zero-order valence-electron chi connectivity index (χ0n) is 9.50. The number of aliphatic hydroxyl groups excluding tert-OH is 1. The molecule has 0 saturated heterocycles. The fourth-order valence-electron chi connectivity index (χ4n) is 1.85. The van der Waals surface area contributed by atoms with Gasteiger partial charge in [-0.2, -0.15) is 0 Å². The summed E-state index contributed by atoms with van der Waals surface area (Å²) in [6, 6.07) is 5.06. The van der Waals surface area contributed by atoms with Crippen molar-refractivity contribution < 1.29 is 18.3 Å². The highest BCUT2D eigenvalue weighted by Crippen LogP contribution is 2.30.